The van der Waals surface area contributed by atoms with Gasteiger partial charge in [-0.3, -0.25) is 23.4 Å². The maximum atomic E-state index is 12.9. The molecule has 2 N–H and O–H groups in total. The first-order valence-electron chi connectivity index (χ1n) is 29.9. The summed E-state index contributed by atoms with van der Waals surface area (Å²) in [4.78, 5) is 48.5. The molecule has 0 amide bonds. The van der Waals surface area contributed by atoms with Crippen molar-refractivity contribution in [1.29, 1.82) is 0 Å². The number of allylic oxidation sites excluding steroid dienone is 6. The molecule has 72 heavy (non-hydrogen) atoms. The van der Waals surface area contributed by atoms with Gasteiger partial charge in [0.1, 0.15) is 12.7 Å². The summed E-state index contributed by atoms with van der Waals surface area (Å²) in [5, 5.41) is 9.82. The van der Waals surface area contributed by atoms with E-state index < -0.39 is 57.8 Å². The lowest BCUT2D eigenvalue weighted by Gasteiger charge is -2.21. The maximum Gasteiger partial charge on any atom is 0.472 e. The SMILES string of the molecule is CC/C=C\C/C=C\C/C=C\CCCCCC(=O)OCC(COP(=O)(O)OCC(CO)OC(=O)CCCCCCCCCCCCCCCCC)OC(=O)CCCCCCCCCCCCCCCCCCC. The Morgan fingerprint density at radius 3 is 1.11 bits per heavy atom. The summed E-state index contributed by atoms with van der Waals surface area (Å²) in [5.74, 6) is -1.48. The van der Waals surface area contributed by atoms with E-state index in [1.807, 2.05) is 0 Å². The normalized spacial score (nSPS) is 13.6. The number of aliphatic hydroxyl groups excluding tert-OH is 1. The van der Waals surface area contributed by atoms with Crippen molar-refractivity contribution in [3.8, 4) is 0 Å². The van der Waals surface area contributed by atoms with Gasteiger partial charge in [0.05, 0.1) is 19.8 Å². The van der Waals surface area contributed by atoms with Gasteiger partial charge in [-0.15, -0.1) is 0 Å². The van der Waals surface area contributed by atoms with E-state index in [4.69, 9.17) is 23.3 Å². The van der Waals surface area contributed by atoms with E-state index in [0.29, 0.717) is 19.3 Å². The number of carbonyl (C=O) groups is 3. The monoisotopic (exact) mass is 1040 g/mol. The molecule has 3 atom stereocenters. The number of aliphatic hydroxyl groups is 1. The first-order valence-corrected chi connectivity index (χ1v) is 31.4. The zero-order valence-electron chi connectivity index (χ0n) is 46.7. The Hall–Kier alpha value is -2.30. The van der Waals surface area contributed by atoms with E-state index in [-0.39, 0.29) is 25.9 Å². The Balaban J connectivity index is 4.68. The van der Waals surface area contributed by atoms with Crippen molar-refractivity contribution in [2.24, 2.45) is 0 Å². The van der Waals surface area contributed by atoms with Gasteiger partial charge in [0, 0.05) is 19.3 Å². The summed E-state index contributed by atoms with van der Waals surface area (Å²) >= 11 is 0. The molecule has 0 heterocycles. The molecule has 0 aliphatic rings. The van der Waals surface area contributed by atoms with Gasteiger partial charge in [0.25, 0.3) is 0 Å². The molecule has 0 saturated carbocycles. The third-order valence-corrected chi connectivity index (χ3v) is 14.0. The van der Waals surface area contributed by atoms with Crippen molar-refractivity contribution >= 4 is 25.7 Å². The first-order chi connectivity index (χ1) is 35.2. The molecule has 12 heteroatoms. The van der Waals surface area contributed by atoms with E-state index in [2.05, 4.69) is 57.2 Å². The molecule has 0 aliphatic heterocycles. The Kier molecular flexibility index (Phi) is 53.2. The molecule has 0 aromatic heterocycles. The number of rotatable bonds is 56. The van der Waals surface area contributed by atoms with Crippen LogP contribution in [-0.4, -0.2) is 66.5 Å². The third-order valence-electron chi connectivity index (χ3n) is 13.1. The predicted molar refractivity (Wildman–Crippen MR) is 298 cm³/mol. The Morgan fingerprint density at radius 1 is 0.403 bits per heavy atom. The van der Waals surface area contributed by atoms with Crippen LogP contribution in [0.1, 0.15) is 290 Å². The fourth-order valence-corrected chi connectivity index (χ4v) is 9.33. The van der Waals surface area contributed by atoms with Crippen LogP contribution in [0.15, 0.2) is 36.5 Å². The van der Waals surface area contributed by atoms with Gasteiger partial charge in [-0.1, -0.05) is 256 Å². The van der Waals surface area contributed by atoms with Crippen LogP contribution < -0.4 is 0 Å². The number of ether oxygens (including phenoxy) is 3. The van der Waals surface area contributed by atoms with Crippen molar-refractivity contribution < 1.29 is 52.2 Å². The zero-order valence-corrected chi connectivity index (χ0v) is 47.6. The highest BCUT2D eigenvalue weighted by molar-refractivity contribution is 7.47. The lowest BCUT2D eigenvalue weighted by atomic mass is 10.0. The molecule has 11 nitrogen and oxygen atoms in total. The molecule has 0 rings (SSSR count). The average molecular weight is 1040 g/mol. The summed E-state index contributed by atoms with van der Waals surface area (Å²) in [6.45, 7) is 4.55. The second-order valence-electron chi connectivity index (χ2n) is 20.1. The number of carbonyl (C=O) groups excluding carboxylic acids is 3. The molecule has 0 aromatic rings. The summed E-state index contributed by atoms with van der Waals surface area (Å²) in [5.41, 5.74) is 0. The van der Waals surface area contributed by atoms with Crippen LogP contribution in [0.5, 0.6) is 0 Å². The van der Waals surface area contributed by atoms with E-state index in [0.717, 1.165) is 77.0 Å². The van der Waals surface area contributed by atoms with Crippen molar-refractivity contribution in [3.05, 3.63) is 36.5 Å². The van der Waals surface area contributed by atoms with Crippen LogP contribution in [0.25, 0.3) is 0 Å². The fraction of sp³-hybridized carbons (Fsp3) is 0.850. The van der Waals surface area contributed by atoms with Gasteiger partial charge in [-0.05, 0) is 51.4 Å². The van der Waals surface area contributed by atoms with Gasteiger partial charge >= 0.3 is 25.7 Å². The van der Waals surface area contributed by atoms with Crippen molar-refractivity contribution in [1.82, 2.24) is 0 Å². The quantitative estimate of drug-likeness (QED) is 0.0197. The molecule has 0 bridgehead atoms. The highest BCUT2D eigenvalue weighted by Gasteiger charge is 2.28. The first kappa shape index (κ1) is 69.7. The molecular formula is C60H111O11P. The van der Waals surface area contributed by atoms with Gasteiger partial charge in [0.15, 0.2) is 6.10 Å². The minimum Gasteiger partial charge on any atom is -0.462 e. The molecule has 0 radical (unpaired) electrons. The lowest BCUT2D eigenvalue weighted by Crippen LogP contribution is -2.30. The highest BCUT2D eigenvalue weighted by Crippen LogP contribution is 2.43. The number of phosphoric ester groups is 1. The topological polar surface area (TPSA) is 155 Å². The maximum absolute atomic E-state index is 12.9. The van der Waals surface area contributed by atoms with Crippen LogP contribution >= 0.6 is 7.82 Å². The largest absolute Gasteiger partial charge is 0.472 e. The van der Waals surface area contributed by atoms with E-state index >= 15 is 0 Å². The van der Waals surface area contributed by atoms with Crippen LogP contribution in [0, 0.1) is 0 Å². The van der Waals surface area contributed by atoms with Crippen molar-refractivity contribution in [3.63, 3.8) is 0 Å². The number of unbranched alkanes of at least 4 members (excludes halogenated alkanes) is 33. The van der Waals surface area contributed by atoms with Crippen molar-refractivity contribution in [2.75, 3.05) is 26.4 Å². The predicted octanol–water partition coefficient (Wildman–Crippen LogP) is 17.6. The molecule has 0 aliphatic carbocycles. The van der Waals surface area contributed by atoms with Gasteiger partial charge in [-0.25, -0.2) is 4.57 Å². The van der Waals surface area contributed by atoms with Crippen LogP contribution in [0.4, 0.5) is 0 Å². The Labute approximate surface area is 441 Å². The van der Waals surface area contributed by atoms with Gasteiger partial charge < -0.3 is 24.2 Å². The molecule has 0 aromatic carbocycles. The minimum atomic E-state index is -4.75. The average Bonchev–Trinajstić information content (AvgIpc) is 3.37. The number of hydrogen-bond acceptors (Lipinski definition) is 10. The Morgan fingerprint density at radius 2 is 0.722 bits per heavy atom. The van der Waals surface area contributed by atoms with Crippen LogP contribution in [0.3, 0.4) is 0 Å². The number of phosphoric acid groups is 1. The highest BCUT2D eigenvalue weighted by atomic mass is 31.2. The second kappa shape index (κ2) is 54.9. The van der Waals surface area contributed by atoms with Crippen LogP contribution in [-0.2, 0) is 42.2 Å². The summed E-state index contributed by atoms with van der Waals surface area (Å²) in [6, 6.07) is 0. The van der Waals surface area contributed by atoms with Crippen LogP contribution in [0.2, 0.25) is 0 Å². The third kappa shape index (κ3) is 52.6. The molecular weight excluding hydrogens is 928 g/mol. The molecule has 0 saturated heterocycles. The molecule has 0 spiro atoms. The number of hydrogen-bond donors (Lipinski definition) is 2. The lowest BCUT2D eigenvalue weighted by molar-refractivity contribution is -0.161. The standard InChI is InChI=1S/C60H111O11P/c1-4-7-10-13-16-19-22-25-27-28-30-33-36-39-42-45-48-51-60(64)71-57(53-67-58(62)49-46-43-40-37-34-31-24-21-18-15-12-9-6-3)55-69-72(65,66)68-54-56(52-61)70-59(63)50-47-44-41-38-35-32-29-26-23-20-17-14-11-8-5-2/h9,12,18,21,31,34,56-57,61H,4-8,10-11,13-17,19-20,22-30,32-33,35-55H2,1-3H3,(H,65,66)/b12-9-,21-18-,34-31-. The van der Waals surface area contributed by atoms with Gasteiger partial charge in [0.2, 0.25) is 0 Å². The zero-order chi connectivity index (χ0) is 52.7. The summed E-state index contributed by atoms with van der Waals surface area (Å²) < 4.78 is 39.5. The number of esters is 3. The summed E-state index contributed by atoms with van der Waals surface area (Å²) in [6.07, 6.45) is 56.7. The Bertz CT molecular complexity index is 1350. The molecule has 422 valence electrons. The molecule has 3 unspecified atom stereocenters. The van der Waals surface area contributed by atoms with E-state index in [9.17, 15) is 28.9 Å². The summed E-state index contributed by atoms with van der Waals surface area (Å²) in [7, 11) is -4.75. The molecule has 0 fully saturated rings. The van der Waals surface area contributed by atoms with Crippen molar-refractivity contribution in [2.45, 2.75) is 303 Å². The van der Waals surface area contributed by atoms with E-state index in [1.165, 1.54) is 154 Å². The van der Waals surface area contributed by atoms with Gasteiger partial charge in [-0.2, -0.15) is 0 Å². The smallest absolute Gasteiger partial charge is 0.462 e. The minimum absolute atomic E-state index is 0.167. The fourth-order valence-electron chi connectivity index (χ4n) is 8.55. The second-order valence-corrected chi connectivity index (χ2v) is 21.6. The van der Waals surface area contributed by atoms with E-state index in [1.54, 1.807) is 0 Å².